The fourth-order valence-electron chi connectivity index (χ4n) is 4.05. The van der Waals surface area contributed by atoms with Crippen molar-refractivity contribution in [3.05, 3.63) is 64.0 Å². The lowest BCUT2D eigenvalue weighted by Crippen LogP contribution is -2.24. The molecule has 1 aromatic carbocycles. The fourth-order valence-corrected chi connectivity index (χ4v) is 4.87. The van der Waals surface area contributed by atoms with E-state index in [0.717, 1.165) is 15.6 Å². The van der Waals surface area contributed by atoms with E-state index in [-0.39, 0.29) is 35.8 Å². The van der Waals surface area contributed by atoms with Crippen LogP contribution in [-0.4, -0.2) is 67.0 Å². The fraction of sp³-hybridized carbons (Fsp3) is 0.440. The number of benzene rings is 1. The van der Waals surface area contributed by atoms with E-state index in [9.17, 15) is 18.3 Å². The van der Waals surface area contributed by atoms with E-state index in [1.807, 2.05) is 38.1 Å². The molecule has 0 aliphatic heterocycles. The van der Waals surface area contributed by atoms with Crippen molar-refractivity contribution in [3.8, 4) is 0 Å². The summed E-state index contributed by atoms with van der Waals surface area (Å²) in [4.78, 5) is 22.0. The largest absolute Gasteiger partial charge is 0.393 e. The first kappa shape index (κ1) is 30.8. The molecule has 5 N–H and O–H groups in total. The van der Waals surface area contributed by atoms with E-state index < -0.39 is 28.1 Å². The molecule has 12 nitrogen and oxygen atoms in total. The number of hydrogen-bond acceptors (Lipinski definition) is 11. The number of carbonyl (C=O) groups excluding carboxylic acids is 1. The van der Waals surface area contributed by atoms with E-state index >= 15 is 0 Å². The molecule has 0 radical (unpaired) electrons. The number of aromatic nitrogens is 2. The first-order chi connectivity index (χ1) is 18.5. The highest BCUT2D eigenvalue weighted by Gasteiger charge is 2.35. The van der Waals surface area contributed by atoms with Gasteiger partial charge in [-0.2, -0.15) is 13.5 Å². The van der Waals surface area contributed by atoms with Gasteiger partial charge < -0.3 is 20.6 Å². The highest BCUT2D eigenvalue weighted by molar-refractivity contribution is 9.10. The second-order valence-corrected chi connectivity index (χ2v) is 11.4. The molecule has 0 saturated heterocycles. The van der Waals surface area contributed by atoms with E-state index in [1.165, 1.54) is 12.5 Å². The van der Waals surface area contributed by atoms with Crippen molar-refractivity contribution in [1.29, 1.82) is 0 Å². The maximum atomic E-state index is 13.7. The minimum atomic E-state index is -4.12. The van der Waals surface area contributed by atoms with Gasteiger partial charge in [0, 0.05) is 29.7 Å². The van der Waals surface area contributed by atoms with Gasteiger partial charge >= 0.3 is 10.3 Å². The van der Waals surface area contributed by atoms with Crippen LogP contribution in [0.3, 0.4) is 0 Å². The average Bonchev–Trinajstić information content (AvgIpc) is 3.24. The van der Waals surface area contributed by atoms with Crippen molar-refractivity contribution in [2.45, 2.75) is 51.5 Å². The number of nitrogens with one attached hydrogen (secondary N) is 2. The number of hydrogen-bond donors (Lipinski definition) is 4. The number of Topliss-reactive ketones (excluding diaryl/α,β-unsaturated/α-hetero) is 1. The molecular formula is C25H33BrN6O6S. The van der Waals surface area contributed by atoms with Gasteiger partial charge in [0.15, 0.2) is 0 Å². The van der Waals surface area contributed by atoms with Gasteiger partial charge in [-0.15, -0.1) is 0 Å². The summed E-state index contributed by atoms with van der Waals surface area (Å²) in [6.45, 7) is 3.86. The lowest BCUT2D eigenvalue weighted by molar-refractivity contribution is 0.101. The Bertz CT molecular complexity index is 1320. The standard InChI is InChI=1S/C25H33BrN6O6S/c1-15(16(2)37-3)7-22(32-30-11-17-5-4-6-19(26)8-17)24(34)21-12-28-14-29-25(21)31-20-9-18(23(33)10-20)13-38-39(27,35)36/h4-8,12,14,16,18,20,23,30,33H,9-11,13H2,1-3H3,(H2,27,35,36)(H,28,29,31)/b15-7+,32-22+/t16?,18-,20-,23+/m1/s1. The minimum absolute atomic E-state index is 0.134. The normalized spacial score (nSPS) is 21.0. The van der Waals surface area contributed by atoms with Crippen LogP contribution >= 0.6 is 15.9 Å². The quantitative estimate of drug-likeness (QED) is 0.147. The number of rotatable bonds is 13. The Labute approximate surface area is 236 Å². The second-order valence-electron chi connectivity index (χ2n) is 9.26. The number of carbonyl (C=O) groups is 1. The summed E-state index contributed by atoms with van der Waals surface area (Å²) in [6, 6.07) is 7.42. The van der Waals surface area contributed by atoms with Gasteiger partial charge in [-0.25, -0.2) is 15.1 Å². The summed E-state index contributed by atoms with van der Waals surface area (Å²) in [5.41, 5.74) is 5.05. The summed E-state index contributed by atoms with van der Waals surface area (Å²) in [7, 11) is -2.54. The van der Waals surface area contributed by atoms with E-state index in [2.05, 4.69) is 45.9 Å². The van der Waals surface area contributed by atoms with Gasteiger partial charge in [0.1, 0.15) is 17.9 Å². The van der Waals surface area contributed by atoms with Gasteiger partial charge in [-0.3, -0.25) is 8.98 Å². The molecule has 1 unspecified atom stereocenters. The third-order valence-corrected chi connectivity index (χ3v) is 7.32. The second kappa shape index (κ2) is 14.1. The van der Waals surface area contributed by atoms with Crippen molar-refractivity contribution in [2.75, 3.05) is 19.0 Å². The van der Waals surface area contributed by atoms with Crippen LogP contribution in [0.15, 0.2) is 58.0 Å². The Morgan fingerprint density at radius 2 is 2.15 bits per heavy atom. The van der Waals surface area contributed by atoms with Crippen molar-refractivity contribution in [2.24, 2.45) is 16.2 Å². The average molecular weight is 626 g/mol. The maximum absolute atomic E-state index is 13.7. The number of halogens is 1. The molecule has 4 atom stereocenters. The van der Waals surface area contributed by atoms with Gasteiger partial charge in [0.25, 0.3) is 0 Å². The number of ether oxygens (including phenoxy) is 1. The molecule has 2 aromatic rings. The third kappa shape index (κ3) is 9.44. The van der Waals surface area contributed by atoms with Crippen LogP contribution in [0.4, 0.5) is 5.82 Å². The SMILES string of the molecule is COC(C)/C(C)=C/C(=N\NCc1cccc(Br)c1)C(=O)c1cncnc1N[C@@H]1C[C@H](COS(N)(=O)=O)[C@@H](O)C1. The molecule has 14 heteroatoms. The van der Waals surface area contributed by atoms with Crippen molar-refractivity contribution in [3.63, 3.8) is 0 Å². The van der Waals surface area contributed by atoms with Gasteiger partial charge in [-0.05, 0) is 56.0 Å². The Kier molecular flexibility index (Phi) is 11.1. The number of methoxy groups -OCH3 is 1. The number of aliphatic hydroxyl groups is 1. The first-order valence-corrected chi connectivity index (χ1v) is 14.5. The van der Waals surface area contributed by atoms with Crippen LogP contribution in [0.2, 0.25) is 0 Å². The van der Waals surface area contributed by atoms with Crippen molar-refractivity contribution in [1.82, 2.24) is 15.4 Å². The maximum Gasteiger partial charge on any atom is 0.333 e. The van der Waals surface area contributed by atoms with Gasteiger partial charge in [0.05, 0.1) is 30.9 Å². The molecule has 39 heavy (non-hydrogen) atoms. The Morgan fingerprint density at radius 3 is 2.85 bits per heavy atom. The molecule has 1 aliphatic rings. The van der Waals surface area contributed by atoms with Crippen LogP contribution in [0, 0.1) is 5.92 Å². The Balaban J connectivity index is 1.81. The summed E-state index contributed by atoms with van der Waals surface area (Å²) in [6.07, 6.45) is 3.99. The van der Waals surface area contributed by atoms with Crippen molar-refractivity contribution < 1.29 is 27.2 Å². The number of anilines is 1. The molecule has 0 bridgehead atoms. The Hall–Kier alpha value is -2.75. The number of nitrogens with two attached hydrogens (primary N) is 1. The zero-order chi connectivity index (χ0) is 28.6. The molecule has 1 heterocycles. The molecule has 1 saturated carbocycles. The van der Waals surface area contributed by atoms with Gasteiger partial charge in [-0.1, -0.05) is 28.1 Å². The number of hydrazone groups is 1. The minimum Gasteiger partial charge on any atom is -0.393 e. The summed E-state index contributed by atoms with van der Waals surface area (Å²) >= 11 is 3.44. The van der Waals surface area contributed by atoms with Crippen LogP contribution in [0.25, 0.3) is 0 Å². The van der Waals surface area contributed by atoms with Crippen LogP contribution in [0.1, 0.15) is 42.6 Å². The topological polar surface area (TPSA) is 178 Å². The zero-order valence-corrected chi connectivity index (χ0v) is 24.3. The van der Waals surface area contributed by atoms with Gasteiger partial charge in [0.2, 0.25) is 5.78 Å². The predicted molar refractivity (Wildman–Crippen MR) is 150 cm³/mol. The number of allylic oxidation sites excluding steroid dienone is 1. The molecule has 0 amide bonds. The molecule has 1 aromatic heterocycles. The van der Waals surface area contributed by atoms with E-state index in [1.54, 1.807) is 13.2 Å². The number of ketones is 1. The molecule has 212 valence electrons. The molecule has 1 aliphatic carbocycles. The lowest BCUT2D eigenvalue weighted by atomic mass is 10.0. The van der Waals surface area contributed by atoms with E-state index in [4.69, 9.17) is 9.88 Å². The third-order valence-electron chi connectivity index (χ3n) is 6.37. The zero-order valence-electron chi connectivity index (χ0n) is 21.9. The smallest absolute Gasteiger partial charge is 0.333 e. The first-order valence-electron chi connectivity index (χ1n) is 12.2. The molecular weight excluding hydrogens is 592 g/mol. The molecule has 0 spiro atoms. The Morgan fingerprint density at radius 1 is 1.38 bits per heavy atom. The van der Waals surface area contributed by atoms with Crippen molar-refractivity contribution >= 4 is 43.5 Å². The number of aliphatic hydroxyl groups excluding tert-OH is 1. The van der Waals surface area contributed by atoms with Crippen LogP contribution < -0.4 is 15.9 Å². The van der Waals surface area contributed by atoms with E-state index in [0.29, 0.717) is 19.4 Å². The predicted octanol–water partition coefficient (Wildman–Crippen LogP) is 2.32. The highest BCUT2D eigenvalue weighted by Crippen LogP contribution is 2.29. The lowest BCUT2D eigenvalue weighted by Gasteiger charge is -2.16. The monoisotopic (exact) mass is 624 g/mol. The van der Waals surface area contributed by atoms with Crippen LogP contribution in [0.5, 0.6) is 0 Å². The summed E-state index contributed by atoms with van der Waals surface area (Å²) < 4.78 is 33.2. The summed E-state index contributed by atoms with van der Waals surface area (Å²) in [5, 5.41) is 22.9. The summed E-state index contributed by atoms with van der Waals surface area (Å²) in [5.74, 6) is -0.608. The highest BCUT2D eigenvalue weighted by atomic mass is 79.9. The van der Waals surface area contributed by atoms with Crippen LogP contribution in [-0.2, 0) is 25.8 Å². The molecule has 1 fully saturated rings. The number of nitrogens with zero attached hydrogens (tertiary/aromatic N) is 3. The molecule has 3 rings (SSSR count).